The molecule has 1 unspecified atom stereocenters. The molecule has 1 heterocycles. The SMILES string of the molecule is CCOCC(O)c1c[nH]c2c1C(N)=C(Cl)C(=O)C2=O. The second-order valence-corrected chi connectivity index (χ2v) is 4.43. The number of aliphatic hydroxyl groups excluding tert-OH is 1. The lowest BCUT2D eigenvalue weighted by molar-refractivity contribution is -0.111. The van der Waals surface area contributed by atoms with Crippen LogP contribution in [0.4, 0.5) is 0 Å². The molecule has 0 spiro atoms. The number of aliphatic hydroxyl groups is 1. The minimum absolute atomic E-state index is 0.00642. The van der Waals surface area contributed by atoms with Crippen molar-refractivity contribution in [1.29, 1.82) is 0 Å². The second kappa shape index (κ2) is 5.16. The lowest BCUT2D eigenvalue weighted by Crippen LogP contribution is -2.25. The number of ketones is 2. The van der Waals surface area contributed by atoms with E-state index in [1.807, 2.05) is 0 Å². The van der Waals surface area contributed by atoms with E-state index in [1.54, 1.807) is 6.92 Å². The van der Waals surface area contributed by atoms with Gasteiger partial charge in [-0.15, -0.1) is 0 Å². The highest BCUT2D eigenvalue weighted by atomic mass is 35.5. The summed E-state index contributed by atoms with van der Waals surface area (Å²) in [4.78, 5) is 25.9. The van der Waals surface area contributed by atoms with Gasteiger partial charge in [-0.3, -0.25) is 9.59 Å². The third kappa shape index (κ3) is 2.18. The number of rotatable bonds is 4. The summed E-state index contributed by atoms with van der Waals surface area (Å²) in [6, 6.07) is 0. The molecule has 0 bridgehead atoms. The van der Waals surface area contributed by atoms with Gasteiger partial charge in [-0.2, -0.15) is 0 Å². The average molecular weight is 285 g/mol. The Hall–Kier alpha value is -1.63. The number of halogens is 1. The largest absolute Gasteiger partial charge is 0.397 e. The molecule has 0 radical (unpaired) electrons. The molecule has 1 aliphatic rings. The summed E-state index contributed by atoms with van der Waals surface area (Å²) in [6.45, 7) is 2.31. The number of nitrogens with one attached hydrogen (secondary N) is 1. The predicted octanol–water partition coefficient (Wildman–Crippen LogP) is 0.716. The van der Waals surface area contributed by atoms with E-state index < -0.39 is 17.7 Å². The second-order valence-electron chi connectivity index (χ2n) is 4.06. The summed E-state index contributed by atoms with van der Waals surface area (Å²) in [6.07, 6.45) is 0.478. The highest BCUT2D eigenvalue weighted by molar-refractivity contribution is 6.64. The van der Waals surface area contributed by atoms with Crippen molar-refractivity contribution in [2.75, 3.05) is 13.2 Å². The molecule has 6 nitrogen and oxygen atoms in total. The van der Waals surface area contributed by atoms with Crippen LogP contribution in [0.25, 0.3) is 5.70 Å². The molecule has 19 heavy (non-hydrogen) atoms. The number of nitrogens with two attached hydrogens (primary N) is 1. The number of ether oxygens (including phenoxy) is 1. The van der Waals surface area contributed by atoms with Gasteiger partial charge in [0.15, 0.2) is 0 Å². The number of hydrogen-bond donors (Lipinski definition) is 3. The number of hydrogen-bond acceptors (Lipinski definition) is 5. The van der Waals surface area contributed by atoms with Gasteiger partial charge in [0.25, 0.3) is 5.78 Å². The molecule has 1 atom stereocenters. The van der Waals surface area contributed by atoms with Crippen LogP contribution >= 0.6 is 11.6 Å². The number of carbonyl (C=O) groups excluding carboxylic acids is 2. The van der Waals surface area contributed by atoms with E-state index in [0.29, 0.717) is 12.2 Å². The predicted molar refractivity (Wildman–Crippen MR) is 68.5 cm³/mol. The minimum Gasteiger partial charge on any atom is -0.397 e. The molecule has 1 aromatic rings. The fourth-order valence-electron chi connectivity index (χ4n) is 1.94. The maximum Gasteiger partial charge on any atom is 0.251 e. The number of H-pyrrole nitrogens is 1. The van der Waals surface area contributed by atoms with Crippen LogP contribution in [0.15, 0.2) is 11.2 Å². The van der Waals surface area contributed by atoms with Crippen molar-refractivity contribution in [3.63, 3.8) is 0 Å². The van der Waals surface area contributed by atoms with Crippen LogP contribution in [0.5, 0.6) is 0 Å². The Morgan fingerprint density at radius 3 is 2.79 bits per heavy atom. The lowest BCUT2D eigenvalue weighted by atomic mass is 9.94. The van der Waals surface area contributed by atoms with Crippen molar-refractivity contribution in [3.05, 3.63) is 28.0 Å². The van der Waals surface area contributed by atoms with E-state index >= 15 is 0 Å². The number of Topliss-reactive ketones (excluding diaryl/α,β-unsaturated/α-hetero) is 2. The molecule has 4 N–H and O–H groups in total. The Kier molecular flexibility index (Phi) is 3.75. The van der Waals surface area contributed by atoms with Gasteiger partial charge in [-0.05, 0) is 6.92 Å². The van der Waals surface area contributed by atoms with E-state index in [2.05, 4.69) is 4.98 Å². The molecule has 0 aliphatic heterocycles. The highest BCUT2D eigenvalue weighted by Crippen LogP contribution is 2.33. The molecule has 0 amide bonds. The van der Waals surface area contributed by atoms with Crippen molar-refractivity contribution in [2.24, 2.45) is 5.73 Å². The number of allylic oxidation sites excluding steroid dienone is 1. The first-order valence-electron chi connectivity index (χ1n) is 5.70. The van der Waals surface area contributed by atoms with Crippen LogP contribution in [-0.2, 0) is 9.53 Å². The minimum atomic E-state index is -0.955. The maximum atomic E-state index is 11.8. The fraction of sp³-hybridized carbons (Fsp3) is 0.333. The molecule has 102 valence electrons. The first-order chi connectivity index (χ1) is 8.99. The van der Waals surface area contributed by atoms with Crippen LogP contribution in [0.3, 0.4) is 0 Å². The smallest absolute Gasteiger partial charge is 0.251 e. The van der Waals surface area contributed by atoms with E-state index in [-0.39, 0.29) is 28.6 Å². The molecule has 0 aromatic carbocycles. The molecule has 1 aromatic heterocycles. The summed E-state index contributed by atoms with van der Waals surface area (Å²) >= 11 is 5.74. The van der Waals surface area contributed by atoms with Gasteiger partial charge in [0.1, 0.15) is 16.8 Å². The average Bonchev–Trinajstić information content (AvgIpc) is 2.85. The molecular weight excluding hydrogens is 272 g/mol. The third-order valence-electron chi connectivity index (χ3n) is 2.89. The zero-order chi connectivity index (χ0) is 14.2. The fourth-order valence-corrected chi connectivity index (χ4v) is 2.12. The topological polar surface area (TPSA) is 105 Å². The van der Waals surface area contributed by atoms with Crippen LogP contribution in [-0.4, -0.2) is 34.9 Å². The molecule has 1 aliphatic carbocycles. The van der Waals surface area contributed by atoms with Gasteiger partial charge in [-0.25, -0.2) is 0 Å². The van der Waals surface area contributed by atoms with Crippen molar-refractivity contribution >= 4 is 28.9 Å². The van der Waals surface area contributed by atoms with E-state index in [0.717, 1.165) is 0 Å². The van der Waals surface area contributed by atoms with Gasteiger partial charge in [0.05, 0.1) is 12.3 Å². The van der Waals surface area contributed by atoms with Gasteiger partial charge in [0.2, 0.25) is 5.78 Å². The van der Waals surface area contributed by atoms with Crippen LogP contribution in [0.1, 0.15) is 34.6 Å². The number of fused-ring (bicyclic) bond motifs is 1. The summed E-state index contributed by atoms with van der Waals surface area (Å²) in [5, 5.41) is 9.67. The molecule has 0 saturated heterocycles. The number of carbonyl (C=O) groups is 2. The molecule has 7 heteroatoms. The Balaban J connectivity index is 2.47. The van der Waals surface area contributed by atoms with Crippen molar-refractivity contribution in [2.45, 2.75) is 13.0 Å². The first kappa shape index (κ1) is 13.8. The zero-order valence-corrected chi connectivity index (χ0v) is 11.0. The monoisotopic (exact) mass is 284 g/mol. The summed E-state index contributed by atoms with van der Waals surface area (Å²) in [5.74, 6) is -1.61. The standard InChI is InChI=1S/C12H13ClN2O4/c1-2-19-4-6(16)5-3-15-10-7(5)9(14)8(13)11(17)12(10)18/h3,6,15-16H,2,4,14H2,1H3. The Labute approximate surface area is 114 Å². The van der Waals surface area contributed by atoms with Gasteiger partial charge in [-0.1, -0.05) is 11.6 Å². The Morgan fingerprint density at radius 2 is 2.16 bits per heavy atom. The normalized spacial score (nSPS) is 16.8. The first-order valence-corrected chi connectivity index (χ1v) is 6.08. The number of aromatic amines is 1. The highest BCUT2D eigenvalue weighted by Gasteiger charge is 2.35. The molecule has 0 fully saturated rings. The molecule has 0 saturated carbocycles. The third-order valence-corrected chi connectivity index (χ3v) is 3.26. The molecule has 2 rings (SSSR count). The van der Waals surface area contributed by atoms with Crippen molar-refractivity contribution in [3.8, 4) is 0 Å². The van der Waals surface area contributed by atoms with E-state index in [1.165, 1.54) is 6.20 Å². The Bertz CT molecular complexity index is 576. The molecular formula is C12H13ClN2O4. The van der Waals surface area contributed by atoms with Gasteiger partial charge >= 0.3 is 0 Å². The van der Waals surface area contributed by atoms with Crippen molar-refractivity contribution < 1.29 is 19.4 Å². The quantitative estimate of drug-likeness (QED) is 0.706. The summed E-state index contributed by atoms with van der Waals surface area (Å²) in [7, 11) is 0. The van der Waals surface area contributed by atoms with Crippen LogP contribution < -0.4 is 5.73 Å². The van der Waals surface area contributed by atoms with Crippen LogP contribution in [0, 0.1) is 0 Å². The summed E-state index contributed by atoms with van der Waals surface area (Å²) in [5.41, 5.74) is 6.47. The van der Waals surface area contributed by atoms with Gasteiger partial charge in [0, 0.05) is 23.9 Å². The summed E-state index contributed by atoms with van der Waals surface area (Å²) < 4.78 is 5.11. The Morgan fingerprint density at radius 1 is 1.47 bits per heavy atom. The lowest BCUT2D eigenvalue weighted by Gasteiger charge is -2.16. The van der Waals surface area contributed by atoms with Gasteiger partial charge < -0.3 is 20.6 Å². The van der Waals surface area contributed by atoms with E-state index in [9.17, 15) is 14.7 Å². The number of aromatic nitrogens is 1. The van der Waals surface area contributed by atoms with Crippen molar-refractivity contribution in [1.82, 2.24) is 4.98 Å². The zero-order valence-electron chi connectivity index (χ0n) is 10.2. The maximum absolute atomic E-state index is 11.8. The van der Waals surface area contributed by atoms with E-state index in [4.69, 9.17) is 22.1 Å². The van der Waals surface area contributed by atoms with Crippen LogP contribution in [0.2, 0.25) is 0 Å².